The molecule has 1 heterocycles. The third-order valence-electron chi connectivity index (χ3n) is 4.94. The highest BCUT2D eigenvalue weighted by molar-refractivity contribution is 7.80. The zero-order chi connectivity index (χ0) is 21.2. The molecule has 4 nitrogen and oxygen atoms in total. The summed E-state index contributed by atoms with van der Waals surface area (Å²) >= 11 is 7.01. The summed E-state index contributed by atoms with van der Waals surface area (Å²) in [7, 11) is 0. The molecule has 0 spiro atoms. The lowest BCUT2D eigenvalue weighted by molar-refractivity contribution is 0.0979. The van der Waals surface area contributed by atoms with Crippen LogP contribution in [0.1, 0.15) is 10.4 Å². The summed E-state index contributed by atoms with van der Waals surface area (Å²) in [5.41, 5.74) is 3.43. The predicted octanol–water partition coefficient (Wildman–Crippen LogP) is 6.24. The molecule has 0 radical (unpaired) electrons. The van der Waals surface area contributed by atoms with Crippen molar-refractivity contribution in [2.75, 3.05) is 5.32 Å². The molecule has 0 bridgehead atoms. The van der Waals surface area contributed by atoms with Gasteiger partial charge in [0.2, 0.25) is 0 Å². The molecule has 5 aromatic rings. The van der Waals surface area contributed by atoms with E-state index < -0.39 is 0 Å². The number of carbonyl (C=O) groups excluding carboxylic acids is 1. The van der Waals surface area contributed by atoms with Crippen molar-refractivity contribution < 1.29 is 4.79 Å². The van der Waals surface area contributed by atoms with Crippen LogP contribution in [-0.2, 0) is 0 Å². The van der Waals surface area contributed by atoms with Crippen LogP contribution in [0.25, 0.3) is 31.6 Å². The van der Waals surface area contributed by atoms with Gasteiger partial charge in [0, 0.05) is 16.8 Å². The molecule has 0 aliphatic heterocycles. The second-order valence-electron chi connectivity index (χ2n) is 7.00. The molecule has 0 fully saturated rings. The Morgan fingerprint density at radius 2 is 1.58 bits per heavy atom. The number of carbonyl (C=O) groups is 1. The molecule has 1 aromatic heterocycles. The highest BCUT2D eigenvalue weighted by Gasteiger charge is 2.12. The number of thiazole rings is 1. The Morgan fingerprint density at radius 3 is 2.42 bits per heavy atom. The normalized spacial score (nSPS) is 10.8. The second-order valence-corrected chi connectivity index (χ2v) is 8.44. The first-order valence-corrected chi connectivity index (χ1v) is 11.0. The molecular formula is C25H17N3OS2. The van der Waals surface area contributed by atoms with E-state index in [0.717, 1.165) is 37.2 Å². The first kappa shape index (κ1) is 19.4. The molecule has 0 unspecified atom stereocenters. The lowest BCUT2D eigenvalue weighted by Crippen LogP contribution is -2.34. The second kappa shape index (κ2) is 8.26. The van der Waals surface area contributed by atoms with E-state index in [9.17, 15) is 4.79 Å². The quantitative estimate of drug-likeness (QED) is 0.327. The number of hydrogen-bond donors (Lipinski definition) is 2. The van der Waals surface area contributed by atoms with E-state index in [-0.39, 0.29) is 11.0 Å². The number of benzene rings is 4. The topological polar surface area (TPSA) is 54.0 Å². The number of hydrogen-bond acceptors (Lipinski definition) is 4. The van der Waals surface area contributed by atoms with Gasteiger partial charge >= 0.3 is 0 Å². The van der Waals surface area contributed by atoms with E-state index >= 15 is 0 Å². The number of nitrogens with zero attached hydrogens (tertiary/aromatic N) is 1. The van der Waals surface area contributed by atoms with Gasteiger partial charge in [-0.2, -0.15) is 0 Å². The Hall–Kier alpha value is -3.61. The van der Waals surface area contributed by atoms with Crippen molar-refractivity contribution in [3.8, 4) is 10.6 Å². The van der Waals surface area contributed by atoms with Gasteiger partial charge < -0.3 is 5.32 Å². The molecule has 0 aliphatic rings. The summed E-state index contributed by atoms with van der Waals surface area (Å²) in [6, 6.07) is 29.4. The molecule has 2 N–H and O–H groups in total. The summed E-state index contributed by atoms with van der Waals surface area (Å²) in [6.45, 7) is 0. The van der Waals surface area contributed by atoms with Crippen LogP contribution in [0, 0.1) is 0 Å². The maximum Gasteiger partial charge on any atom is 0.258 e. The molecule has 150 valence electrons. The van der Waals surface area contributed by atoms with Crippen molar-refractivity contribution in [3.05, 3.63) is 96.6 Å². The van der Waals surface area contributed by atoms with Crippen LogP contribution in [0.15, 0.2) is 91.0 Å². The molecule has 31 heavy (non-hydrogen) atoms. The minimum atomic E-state index is -0.236. The largest absolute Gasteiger partial charge is 0.332 e. The number of thiocarbonyl (C=S) groups is 1. The fraction of sp³-hybridized carbons (Fsp3) is 0. The Bertz CT molecular complexity index is 1390. The molecule has 6 heteroatoms. The standard InChI is InChI=1S/C25H17N3OS2/c29-23(20-9-5-7-16-6-1-2-8-19(16)20)28-25(30)26-18-14-12-17(13-15-18)24-27-21-10-3-4-11-22(21)31-24/h1-15H,(H2,26,28,29,30). The van der Waals surface area contributed by atoms with Gasteiger partial charge in [0.25, 0.3) is 5.91 Å². The number of amides is 1. The van der Waals surface area contributed by atoms with Crippen molar-refractivity contribution in [1.82, 2.24) is 10.3 Å². The molecule has 5 rings (SSSR count). The van der Waals surface area contributed by atoms with Crippen molar-refractivity contribution in [2.24, 2.45) is 0 Å². The Balaban J connectivity index is 1.28. The number of rotatable bonds is 3. The lowest BCUT2D eigenvalue weighted by Gasteiger charge is -2.11. The first-order chi connectivity index (χ1) is 15.2. The van der Waals surface area contributed by atoms with Crippen LogP contribution in [0.4, 0.5) is 5.69 Å². The summed E-state index contributed by atoms with van der Waals surface area (Å²) in [6.07, 6.45) is 0. The third kappa shape index (κ3) is 4.03. The average molecular weight is 440 g/mol. The van der Waals surface area contributed by atoms with Gasteiger partial charge in [-0.05, 0) is 65.5 Å². The Labute approximate surface area is 188 Å². The number of nitrogens with one attached hydrogen (secondary N) is 2. The fourth-order valence-electron chi connectivity index (χ4n) is 3.45. The number of aromatic nitrogens is 1. The molecule has 0 saturated carbocycles. The zero-order valence-corrected chi connectivity index (χ0v) is 18.0. The number of anilines is 1. The van der Waals surface area contributed by atoms with Crippen LogP contribution in [0.2, 0.25) is 0 Å². The van der Waals surface area contributed by atoms with E-state index in [1.54, 1.807) is 17.4 Å². The van der Waals surface area contributed by atoms with Crippen molar-refractivity contribution in [1.29, 1.82) is 0 Å². The average Bonchev–Trinajstić information content (AvgIpc) is 3.23. The van der Waals surface area contributed by atoms with Gasteiger partial charge in [-0.3, -0.25) is 10.1 Å². The molecular weight excluding hydrogens is 422 g/mol. The molecule has 0 atom stereocenters. The Morgan fingerprint density at radius 1 is 0.839 bits per heavy atom. The predicted molar refractivity (Wildman–Crippen MR) is 133 cm³/mol. The van der Waals surface area contributed by atoms with Gasteiger partial charge in [0.1, 0.15) is 5.01 Å². The Kier molecular flexibility index (Phi) is 5.16. The monoisotopic (exact) mass is 439 g/mol. The zero-order valence-electron chi connectivity index (χ0n) is 16.3. The lowest BCUT2D eigenvalue weighted by atomic mass is 10.0. The van der Waals surface area contributed by atoms with Gasteiger partial charge in [0.05, 0.1) is 10.2 Å². The van der Waals surface area contributed by atoms with Crippen LogP contribution in [-0.4, -0.2) is 16.0 Å². The SMILES string of the molecule is O=C(NC(=S)Nc1ccc(-c2nc3ccccc3s2)cc1)c1cccc2ccccc12. The van der Waals surface area contributed by atoms with Crippen LogP contribution in [0.3, 0.4) is 0 Å². The molecule has 0 aliphatic carbocycles. The van der Waals surface area contributed by atoms with Gasteiger partial charge in [-0.1, -0.05) is 48.5 Å². The minimum absolute atomic E-state index is 0.236. The van der Waals surface area contributed by atoms with Gasteiger partial charge in [-0.15, -0.1) is 11.3 Å². The minimum Gasteiger partial charge on any atom is -0.332 e. The summed E-state index contributed by atoms with van der Waals surface area (Å²) in [4.78, 5) is 17.4. The molecule has 4 aromatic carbocycles. The maximum absolute atomic E-state index is 12.7. The van der Waals surface area contributed by atoms with E-state index in [0.29, 0.717) is 5.56 Å². The third-order valence-corrected chi connectivity index (χ3v) is 6.23. The van der Waals surface area contributed by atoms with Crippen LogP contribution >= 0.6 is 23.6 Å². The van der Waals surface area contributed by atoms with Crippen molar-refractivity contribution >= 4 is 61.3 Å². The highest BCUT2D eigenvalue weighted by atomic mass is 32.1. The molecule has 1 amide bonds. The van der Waals surface area contributed by atoms with E-state index in [1.165, 1.54) is 0 Å². The van der Waals surface area contributed by atoms with Crippen LogP contribution < -0.4 is 10.6 Å². The smallest absolute Gasteiger partial charge is 0.258 e. The highest BCUT2D eigenvalue weighted by Crippen LogP contribution is 2.30. The molecule has 0 saturated heterocycles. The summed E-state index contributed by atoms with van der Waals surface area (Å²) in [5.74, 6) is -0.236. The van der Waals surface area contributed by atoms with Gasteiger partial charge in [0.15, 0.2) is 5.11 Å². The van der Waals surface area contributed by atoms with Crippen molar-refractivity contribution in [2.45, 2.75) is 0 Å². The fourth-order valence-corrected chi connectivity index (χ4v) is 4.63. The summed E-state index contributed by atoms with van der Waals surface area (Å²) < 4.78 is 1.16. The van der Waals surface area contributed by atoms with Crippen LogP contribution in [0.5, 0.6) is 0 Å². The number of fused-ring (bicyclic) bond motifs is 2. The van der Waals surface area contributed by atoms with Gasteiger partial charge in [-0.25, -0.2) is 4.98 Å². The van der Waals surface area contributed by atoms with E-state index in [4.69, 9.17) is 12.2 Å². The van der Waals surface area contributed by atoms with E-state index in [2.05, 4.69) is 21.7 Å². The maximum atomic E-state index is 12.7. The van der Waals surface area contributed by atoms with Crippen molar-refractivity contribution in [3.63, 3.8) is 0 Å². The number of para-hydroxylation sites is 1. The summed E-state index contributed by atoms with van der Waals surface area (Å²) in [5, 5.41) is 8.98. The van der Waals surface area contributed by atoms with E-state index in [1.807, 2.05) is 78.9 Å². The first-order valence-electron chi connectivity index (χ1n) is 9.73.